The molecule has 0 aliphatic carbocycles. The number of hydrogen-bond acceptors (Lipinski definition) is 6. The summed E-state index contributed by atoms with van der Waals surface area (Å²) in [7, 11) is 3.35. The summed E-state index contributed by atoms with van der Waals surface area (Å²) in [6.07, 6.45) is 1.55. The number of anilines is 2. The number of nitrogens with zero attached hydrogens (tertiary/aromatic N) is 5. The minimum absolute atomic E-state index is 0.167. The van der Waals surface area contributed by atoms with E-state index >= 15 is 0 Å². The number of aromatic nitrogens is 5. The second-order valence-electron chi connectivity index (χ2n) is 3.24. The molecule has 0 atom stereocenters. The van der Waals surface area contributed by atoms with Crippen LogP contribution in [0.1, 0.15) is 10.4 Å². The molecule has 2 N–H and O–H groups in total. The lowest BCUT2D eigenvalue weighted by Gasteiger charge is -2.02. The molecule has 88 valence electrons. The molecule has 17 heavy (non-hydrogen) atoms. The summed E-state index contributed by atoms with van der Waals surface area (Å²) in [5.41, 5.74) is 0.469. The van der Waals surface area contributed by atoms with Crippen LogP contribution in [0.25, 0.3) is 0 Å². The van der Waals surface area contributed by atoms with Gasteiger partial charge in [-0.05, 0) is 17.3 Å². The van der Waals surface area contributed by atoms with E-state index in [0.717, 1.165) is 0 Å². The SMILES string of the molecule is CNc1cc(C(=O)Nc2nnn(C)n2)ccn1. The second-order valence-corrected chi connectivity index (χ2v) is 3.24. The van der Waals surface area contributed by atoms with Crippen LogP contribution in [0, 0.1) is 0 Å². The van der Waals surface area contributed by atoms with E-state index < -0.39 is 0 Å². The maximum absolute atomic E-state index is 11.8. The number of tetrazole rings is 1. The first-order valence-electron chi connectivity index (χ1n) is 4.88. The summed E-state index contributed by atoms with van der Waals surface area (Å²) < 4.78 is 0. The average molecular weight is 233 g/mol. The van der Waals surface area contributed by atoms with Gasteiger partial charge in [-0.3, -0.25) is 10.1 Å². The van der Waals surface area contributed by atoms with Gasteiger partial charge in [-0.25, -0.2) is 4.98 Å². The molecule has 0 aliphatic rings. The Hall–Kier alpha value is -2.51. The van der Waals surface area contributed by atoms with Gasteiger partial charge in [0.05, 0.1) is 7.05 Å². The molecule has 0 bridgehead atoms. The highest BCUT2D eigenvalue weighted by atomic mass is 16.1. The molecular formula is C9H11N7O. The molecule has 0 aliphatic heterocycles. The minimum atomic E-state index is -0.308. The molecule has 0 unspecified atom stereocenters. The quantitative estimate of drug-likeness (QED) is 0.768. The molecule has 2 heterocycles. The first-order chi connectivity index (χ1) is 8.19. The fourth-order valence-electron chi connectivity index (χ4n) is 1.22. The molecule has 2 rings (SSSR count). The van der Waals surface area contributed by atoms with Crippen LogP contribution in [-0.4, -0.2) is 38.1 Å². The van der Waals surface area contributed by atoms with Crippen molar-refractivity contribution >= 4 is 17.7 Å². The zero-order chi connectivity index (χ0) is 12.3. The Kier molecular flexibility index (Phi) is 2.95. The third kappa shape index (κ3) is 2.54. The smallest absolute Gasteiger partial charge is 0.270 e. The number of carbonyl (C=O) groups is 1. The van der Waals surface area contributed by atoms with E-state index in [1.807, 2.05) is 0 Å². The Bertz CT molecular complexity index is 536. The lowest BCUT2D eigenvalue weighted by molar-refractivity contribution is 0.102. The summed E-state index contributed by atoms with van der Waals surface area (Å²) in [6, 6.07) is 3.23. The van der Waals surface area contributed by atoms with Gasteiger partial charge in [0.15, 0.2) is 0 Å². The molecule has 8 nitrogen and oxygen atoms in total. The van der Waals surface area contributed by atoms with Crippen molar-refractivity contribution < 1.29 is 4.79 Å². The Balaban J connectivity index is 2.14. The highest BCUT2D eigenvalue weighted by molar-refractivity contribution is 6.03. The standard InChI is InChI=1S/C9H11N7O/c1-10-7-5-6(3-4-11-7)8(17)12-9-13-15-16(2)14-9/h3-5H,1-2H3,(H,10,11)(H,12,14,17). The van der Waals surface area contributed by atoms with Crippen LogP contribution in [0.4, 0.5) is 11.8 Å². The van der Waals surface area contributed by atoms with Crippen LogP contribution in [-0.2, 0) is 7.05 Å². The summed E-state index contributed by atoms with van der Waals surface area (Å²) in [5, 5.41) is 16.5. The number of hydrogen-bond donors (Lipinski definition) is 2. The van der Waals surface area contributed by atoms with E-state index in [4.69, 9.17) is 0 Å². The van der Waals surface area contributed by atoms with Crippen LogP contribution in [0.5, 0.6) is 0 Å². The maximum atomic E-state index is 11.8. The van der Waals surface area contributed by atoms with Crippen molar-refractivity contribution in [2.75, 3.05) is 17.7 Å². The van der Waals surface area contributed by atoms with E-state index in [0.29, 0.717) is 11.4 Å². The van der Waals surface area contributed by atoms with E-state index in [-0.39, 0.29) is 11.9 Å². The summed E-state index contributed by atoms with van der Waals surface area (Å²) >= 11 is 0. The highest BCUT2D eigenvalue weighted by Gasteiger charge is 2.09. The van der Waals surface area contributed by atoms with Gasteiger partial charge in [0, 0.05) is 18.8 Å². The third-order valence-electron chi connectivity index (χ3n) is 2.01. The fourth-order valence-corrected chi connectivity index (χ4v) is 1.22. The lowest BCUT2D eigenvalue weighted by Crippen LogP contribution is -2.13. The average Bonchev–Trinajstić information content (AvgIpc) is 2.75. The van der Waals surface area contributed by atoms with Crippen molar-refractivity contribution in [1.29, 1.82) is 0 Å². The highest BCUT2D eigenvalue weighted by Crippen LogP contribution is 2.07. The van der Waals surface area contributed by atoms with Crippen LogP contribution in [0.15, 0.2) is 18.3 Å². The van der Waals surface area contributed by atoms with E-state index in [1.54, 1.807) is 32.4 Å². The topological polar surface area (TPSA) is 97.6 Å². The molecule has 0 fully saturated rings. The molecular weight excluding hydrogens is 222 g/mol. The molecule has 0 radical (unpaired) electrons. The fraction of sp³-hybridized carbons (Fsp3) is 0.222. The van der Waals surface area contributed by atoms with Gasteiger partial charge in [0.25, 0.3) is 11.9 Å². The van der Waals surface area contributed by atoms with Crippen molar-refractivity contribution in [2.45, 2.75) is 0 Å². The zero-order valence-corrected chi connectivity index (χ0v) is 9.38. The van der Waals surface area contributed by atoms with Crippen molar-refractivity contribution in [3.63, 3.8) is 0 Å². The van der Waals surface area contributed by atoms with E-state index in [1.165, 1.54) is 4.80 Å². The van der Waals surface area contributed by atoms with Crippen LogP contribution < -0.4 is 10.6 Å². The number of rotatable bonds is 3. The van der Waals surface area contributed by atoms with Gasteiger partial charge in [-0.15, -0.1) is 5.10 Å². The first-order valence-corrected chi connectivity index (χ1v) is 4.88. The Morgan fingerprint density at radius 3 is 2.94 bits per heavy atom. The number of amides is 1. The van der Waals surface area contributed by atoms with Crippen LogP contribution >= 0.6 is 0 Å². The van der Waals surface area contributed by atoms with E-state index in [9.17, 15) is 4.79 Å². The third-order valence-corrected chi connectivity index (χ3v) is 2.01. The predicted molar refractivity (Wildman–Crippen MR) is 60.5 cm³/mol. The van der Waals surface area contributed by atoms with Gasteiger partial charge in [-0.2, -0.15) is 4.80 Å². The monoisotopic (exact) mass is 233 g/mol. The van der Waals surface area contributed by atoms with Crippen LogP contribution in [0.3, 0.4) is 0 Å². The van der Waals surface area contributed by atoms with Gasteiger partial charge < -0.3 is 5.32 Å². The summed E-state index contributed by atoms with van der Waals surface area (Å²) in [6.45, 7) is 0. The van der Waals surface area contributed by atoms with Crippen molar-refractivity contribution in [3.8, 4) is 0 Å². The minimum Gasteiger partial charge on any atom is -0.373 e. The largest absolute Gasteiger partial charge is 0.373 e. The van der Waals surface area contributed by atoms with Crippen molar-refractivity contribution in [3.05, 3.63) is 23.9 Å². The molecule has 8 heteroatoms. The molecule has 0 spiro atoms. The van der Waals surface area contributed by atoms with Crippen LogP contribution in [0.2, 0.25) is 0 Å². The molecule has 0 saturated carbocycles. The Labute approximate surface area is 97.0 Å². The number of aryl methyl sites for hydroxylation is 1. The van der Waals surface area contributed by atoms with E-state index in [2.05, 4.69) is 31.0 Å². The van der Waals surface area contributed by atoms with Gasteiger partial charge in [0.2, 0.25) is 0 Å². The molecule has 0 saturated heterocycles. The number of nitrogens with one attached hydrogen (secondary N) is 2. The van der Waals surface area contributed by atoms with Gasteiger partial charge in [0.1, 0.15) is 5.82 Å². The molecule has 2 aromatic heterocycles. The van der Waals surface area contributed by atoms with Crippen molar-refractivity contribution in [1.82, 2.24) is 25.2 Å². The van der Waals surface area contributed by atoms with Crippen molar-refractivity contribution in [2.24, 2.45) is 7.05 Å². The van der Waals surface area contributed by atoms with Gasteiger partial charge in [-0.1, -0.05) is 5.10 Å². The summed E-state index contributed by atoms with van der Waals surface area (Å²) in [4.78, 5) is 17.1. The lowest BCUT2D eigenvalue weighted by atomic mass is 10.2. The maximum Gasteiger partial charge on any atom is 0.270 e. The first kappa shape index (κ1) is 11.0. The Morgan fingerprint density at radius 1 is 1.47 bits per heavy atom. The number of pyridine rings is 1. The number of carbonyl (C=O) groups excluding carboxylic acids is 1. The summed E-state index contributed by atoms with van der Waals surface area (Å²) in [5.74, 6) is 0.474. The molecule has 2 aromatic rings. The zero-order valence-electron chi connectivity index (χ0n) is 9.38. The molecule has 0 aromatic carbocycles. The predicted octanol–water partition coefficient (Wildman–Crippen LogP) is -0.101. The Morgan fingerprint density at radius 2 is 2.29 bits per heavy atom. The molecule has 1 amide bonds. The normalized spacial score (nSPS) is 10.0. The second kappa shape index (κ2) is 4.56. The van der Waals surface area contributed by atoms with Gasteiger partial charge >= 0.3 is 0 Å².